The molecule has 6 heteroatoms. The highest BCUT2D eigenvalue weighted by Gasteiger charge is 2.20. The van der Waals surface area contributed by atoms with Crippen LogP contribution in [0.1, 0.15) is 26.3 Å². The van der Waals surface area contributed by atoms with Gasteiger partial charge in [-0.1, -0.05) is 36.2 Å². The van der Waals surface area contributed by atoms with Crippen molar-refractivity contribution in [3.8, 4) is 0 Å². The van der Waals surface area contributed by atoms with E-state index in [-0.39, 0.29) is 12.5 Å². The first-order valence-corrected chi connectivity index (χ1v) is 7.59. The number of benzene rings is 1. The van der Waals surface area contributed by atoms with Gasteiger partial charge in [-0.25, -0.2) is 0 Å². The monoisotopic (exact) mass is 332 g/mol. The van der Waals surface area contributed by atoms with Gasteiger partial charge < -0.3 is 10.4 Å². The molecule has 118 valence electrons. The van der Waals surface area contributed by atoms with Crippen molar-refractivity contribution >= 4 is 34.8 Å². The van der Waals surface area contributed by atoms with Crippen molar-refractivity contribution in [1.82, 2.24) is 4.90 Å². The first kappa shape index (κ1) is 18.2. The molecule has 1 rings (SSSR count). The Labute approximate surface area is 136 Å². The third-order valence-electron chi connectivity index (χ3n) is 2.97. The third-order valence-corrected chi connectivity index (χ3v) is 3.78. The summed E-state index contributed by atoms with van der Waals surface area (Å²) < 4.78 is 0. The van der Waals surface area contributed by atoms with E-state index in [1.807, 2.05) is 18.7 Å². The lowest BCUT2D eigenvalue weighted by Crippen LogP contribution is -2.42. The topological polar surface area (TPSA) is 52.6 Å². The Kier molecular flexibility index (Phi) is 6.47. The molecule has 0 atom stereocenters. The Balaban J connectivity index is 2.76. The minimum absolute atomic E-state index is 0.168. The number of rotatable bonds is 6. The molecule has 0 fully saturated rings. The zero-order valence-electron chi connectivity index (χ0n) is 12.8. The first-order valence-electron chi connectivity index (χ1n) is 6.83. The molecule has 0 spiro atoms. The van der Waals surface area contributed by atoms with E-state index in [4.69, 9.17) is 23.2 Å². The van der Waals surface area contributed by atoms with Gasteiger partial charge in [0.15, 0.2) is 0 Å². The number of halogens is 2. The Morgan fingerprint density at radius 1 is 1.38 bits per heavy atom. The zero-order chi connectivity index (χ0) is 16.2. The fourth-order valence-corrected chi connectivity index (χ4v) is 2.45. The molecule has 0 saturated carbocycles. The van der Waals surface area contributed by atoms with Gasteiger partial charge in [-0.15, -0.1) is 0 Å². The van der Waals surface area contributed by atoms with Crippen LogP contribution in [0.25, 0.3) is 0 Å². The van der Waals surface area contributed by atoms with Crippen LogP contribution in [0.4, 0.5) is 5.69 Å². The van der Waals surface area contributed by atoms with Crippen molar-refractivity contribution in [3.63, 3.8) is 0 Å². The van der Waals surface area contributed by atoms with Gasteiger partial charge in [0.1, 0.15) is 0 Å². The normalized spacial score (nSPS) is 11.8. The Morgan fingerprint density at radius 2 is 2.00 bits per heavy atom. The van der Waals surface area contributed by atoms with Crippen LogP contribution in [0.15, 0.2) is 12.1 Å². The summed E-state index contributed by atoms with van der Waals surface area (Å²) in [7, 11) is 0. The second-order valence-electron chi connectivity index (χ2n) is 5.72. The van der Waals surface area contributed by atoms with E-state index in [0.29, 0.717) is 28.8 Å². The summed E-state index contributed by atoms with van der Waals surface area (Å²) in [6, 6.07) is 3.50. The van der Waals surface area contributed by atoms with Crippen molar-refractivity contribution in [2.45, 2.75) is 33.3 Å². The van der Waals surface area contributed by atoms with E-state index < -0.39 is 5.60 Å². The lowest BCUT2D eigenvalue weighted by atomic mass is 10.1. The highest BCUT2D eigenvalue weighted by Crippen LogP contribution is 2.32. The van der Waals surface area contributed by atoms with Gasteiger partial charge in [-0.3, -0.25) is 9.69 Å². The van der Waals surface area contributed by atoms with Crippen LogP contribution < -0.4 is 5.32 Å². The van der Waals surface area contributed by atoms with Gasteiger partial charge in [0.05, 0.1) is 27.9 Å². The fourth-order valence-electron chi connectivity index (χ4n) is 1.98. The second-order valence-corrected chi connectivity index (χ2v) is 6.50. The molecule has 0 aliphatic rings. The van der Waals surface area contributed by atoms with E-state index in [0.717, 1.165) is 5.56 Å². The molecule has 1 aromatic rings. The van der Waals surface area contributed by atoms with Gasteiger partial charge in [-0.05, 0) is 38.9 Å². The standard InChI is InChI=1S/C15H22Cl2N2O2/c1-5-19(9-15(3,4)21)8-12(20)18-14-11(16)7-6-10(2)13(14)17/h6-7,21H,5,8-9H2,1-4H3,(H,18,20). The number of anilines is 1. The summed E-state index contributed by atoms with van der Waals surface area (Å²) in [6.07, 6.45) is 0. The molecule has 0 aromatic heterocycles. The molecule has 1 amide bonds. The molecule has 21 heavy (non-hydrogen) atoms. The van der Waals surface area contributed by atoms with Crippen molar-refractivity contribution in [2.75, 3.05) is 25.0 Å². The summed E-state index contributed by atoms with van der Waals surface area (Å²) in [5.74, 6) is -0.212. The van der Waals surface area contributed by atoms with E-state index >= 15 is 0 Å². The number of carbonyl (C=O) groups is 1. The lowest BCUT2D eigenvalue weighted by molar-refractivity contribution is -0.117. The van der Waals surface area contributed by atoms with Gasteiger partial charge in [0.2, 0.25) is 5.91 Å². The lowest BCUT2D eigenvalue weighted by Gasteiger charge is -2.27. The minimum Gasteiger partial charge on any atom is -0.389 e. The van der Waals surface area contributed by atoms with Crippen molar-refractivity contribution in [3.05, 3.63) is 27.7 Å². The second kappa shape index (κ2) is 7.45. The summed E-state index contributed by atoms with van der Waals surface area (Å²) in [4.78, 5) is 14.0. The van der Waals surface area contributed by atoms with Crippen LogP contribution >= 0.6 is 23.2 Å². The molecule has 4 nitrogen and oxygen atoms in total. The minimum atomic E-state index is -0.852. The van der Waals surface area contributed by atoms with Gasteiger partial charge >= 0.3 is 0 Å². The number of likely N-dealkylation sites (N-methyl/N-ethyl adjacent to an activating group) is 1. The highest BCUT2D eigenvalue weighted by molar-refractivity contribution is 6.40. The Hall–Kier alpha value is -0.810. The van der Waals surface area contributed by atoms with Crippen molar-refractivity contribution < 1.29 is 9.90 Å². The maximum atomic E-state index is 12.1. The quantitative estimate of drug-likeness (QED) is 0.840. The molecule has 0 aliphatic heterocycles. The van der Waals surface area contributed by atoms with Crippen molar-refractivity contribution in [1.29, 1.82) is 0 Å². The molecule has 2 N–H and O–H groups in total. The molecular weight excluding hydrogens is 311 g/mol. The molecule has 0 unspecified atom stereocenters. The van der Waals surface area contributed by atoms with Crippen LogP contribution in [0.5, 0.6) is 0 Å². The Bertz CT molecular complexity index is 513. The maximum Gasteiger partial charge on any atom is 0.238 e. The third kappa shape index (κ3) is 5.83. The van der Waals surface area contributed by atoms with Crippen LogP contribution in [0.2, 0.25) is 10.0 Å². The van der Waals surface area contributed by atoms with Crippen molar-refractivity contribution in [2.24, 2.45) is 0 Å². The predicted octanol–water partition coefficient (Wildman–Crippen LogP) is 3.33. The van der Waals surface area contributed by atoms with E-state index in [1.165, 1.54) is 0 Å². The average Bonchev–Trinajstić information content (AvgIpc) is 2.37. The van der Waals surface area contributed by atoms with Gasteiger partial charge in [-0.2, -0.15) is 0 Å². The molecule has 0 heterocycles. The Morgan fingerprint density at radius 3 is 2.52 bits per heavy atom. The SMILES string of the molecule is CCN(CC(=O)Nc1c(Cl)ccc(C)c1Cl)CC(C)(C)O. The molecule has 0 radical (unpaired) electrons. The van der Waals surface area contributed by atoms with Crippen LogP contribution in [0.3, 0.4) is 0 Å². The molecule has 1 aromatic carbocycles. The number of hydrogen-bond donors (Lipinski definition) is 2. The summed E-state index contributed by atoms with van der Waals surface area (Å²) in [5.41, 5.74) is 0.428. The number of aliphatic hydroxyl groups is 1. The summed E-state index contributed by atoms with van der Waals surface area (Å²) >= 11 is 12.2. The smallest absolute Gasteiger partial charge is 0.238 e. The summed E-state index contributed by atoms with van der Waals surface area (Å²) in [5, 5.41) is 13.4. The van der Waals surface area contributed by atoms with Crippen LogP contribution in [-0.2, 0) is 4.79 Å². The summed E-state index contributed by atoms with van der Waals surface area (Å²) in [6.45, 7) is 8.44. The van der Waals surface area contributed by atoms with Crippen LogP contribution in [-0.4, -0.2) is 41.1 Å². The number of hydrogen-bond acceptors (Lipinski definition) is 3. The van der Waals surface area contributed by atoms with E-state index in [9.17, 15) is 9.90 Å². The number of aryl methyl sites for hydroxylation is 1. The zero-order valence-corrected chi connectivity index (χ0v) is 14.3. The molecule has 0 aliphatic carbocycles. The number of nitrogens with zero attached hydrogens (tertiary/aromatic N) is 1. The maximum absolute atomic E-state index is 12.1. The van der Waals surface area contributed by atoms with Gasteiger partial charge in [0.25, 0.3) is 0 Å². The molecule has 0 saturated heterocycles. The predicted molar refractivity (Wildman–Crippen MR) is 88.2 cm³/mol. The van der Waals surface area contributed by atoms with E-state index in [1.54, 1.807) is 26.0 Å². The van der Waals surface area contributed by atoms with Gasteiger partial charge in [0, 0.05) is 6.54 Å². The number of amides is 1. The van der Waals surface area contributed by atoms with Crippen LogP contribution in [0, 0.1) is 6.92 Å². The molecular formula is C15H22Cl2N2O2. The first-order chi connectivity index (χ1) is 9.64. The average molecular weight is 333 g/mol. The number of carbonyl (C=O) groups excluding carboxylic acids is 1. The van der Waals surface area contributed by atoms with E-state index in [2.05, 4.69) is 5.32 Å². The largest absolute Gasteiger partial charge is 0.389 e. The molecule has 0 bridgehead atoms. The fraction of sp³-hybridized carbons (Fsp3) is 0.533. The number of nitrogens with one attached hydrogen (secondary N) is 1. The highest BCUT2D eigenvalue weighted by atomic mass is 35.5.